The highest BCUT2D eigenvalue weighted by Gasteiger charge is 2.13. The first kappa shape index (κ1) is 14.9. The van der Waals surface area contributed by atoms with Crippen LogP contribution >= 0.6 is 0 Å². The van der Waals surface area contributed by atoms with Gasteiger partial charge in [0.25, 0.3) is 0 Å². The van der Waals surface area contributed by atoms with Crippen LogP contribution in [0.3, 0.4) is 0 Å². The zero-order valence-electron chi connectivity index (χ0n) is 12.0. The molecular formula is C16H25N3O. The third kappa shape index (κ3) is 4.85. The average molecular weight is 275 g/mol. The molecule has 0 radical (unpaired) electrons. The fraction of sp³-hybridized carbons (Fsp3) is 0.562. The van der Waals surface area contributed by atoms with Gasteiger partial charge in [0.05, 0.1) is 0 Å². The molecule has 4 heteroatoms. The Labute approximate surface area is 121 Å². The van der Waals surface area contributed by atoms with E-state index in [4.69, 9.17) is 5.73 Å². The molecule has 2 rings (SSSR count). The maximum atomic E-state index is 11.8. The smallest absolute Gasteiger partial charge is 0.319 e. The van der Waals surface area contributed by atoms with Crippen LogP contribution in [0.15, 0.2) is 24.3 Å². The van der Waals surface area contributed by atoms with E-state index in [-0.39, 0.29) is 6.03 Å². The van der Waals surface area contributed by atoms with Crippen molar-refractivity contribution < 1.29 is 4.79 Å². The summed E-state index contributed by atoms with van der Waals surface area (Å²) in [6.07, 6.45) is 7.81. The summed E-state index contributed by atoms with van der Waals surface area (Å²) in [6.45, 7) is 1.24. The van der Waals surface area contributed by atoms with Crippen molar-refractivity contribution in [1.82, 2.24) is 5.32 Å². The van der Waals surface area contributed by atoms with Crippen molar-refractivity contribution in [2.45, 2.75) is 45.1 Å². The zero-order valence-corrected chi connectivity index (χ0v) is 12.0. The van der Waals surface area contributed by atoms with Gasteiger partial charge < -0.3 is 16.4 Å². The molecule has 2 amide bonds. The Bertz CT molecular complexity index is 427. The normalized spacial score (nSPS) is 15.8. The highest BCUT2D eigenvalue weighted by atomic mass is 16.2. The molecule has 4 nitrogen and oxygen atoms in total. The van der Waals surface area contributed by atoms with Crippen LogP contribution in [0.5, 0.6) is 0 Å². The molecule has 0 unspecified atom stereocenters. The van der Waals surface area contributed by atoms with Crippen molar-refractivity contribution >= 4 is 11.7 Å². The van der Waals surface area contributed by atoms with Gasteiger partial charge in [-0.2, -0.15) is 0 Å². The van der Waals surface area contributed by atoms with Crippen molar-refractivity contribution in [2.24, 2.45) is 11.7 Å². The topological polar surface area (TPSA) is 67.1 Å². The number of carbonyl (C=O) groups excluding carboxylic acids is 1. The second-order valence-electron chi connectivity index (χ2n) is 5.58. The van der Waals surface area contributed by atoms with E-state index in [0.29, 0.717) is 6.54 Å². The van der Waals surface area contributed by atoms with E-state index in [1.807, 2.05) is 24.3 Å². The summed E-state index contributed by atoms with van der Waals surface area (Å²) in [4.78, 5) is 11.8. The van der Waals surface area contributed by atoms with E-state index >= 15 is 0 Å². The van der Waals surface area contributed by atoms with Crippen molar-refractivity contribution in [3.05, 3.63) is 29.8 Å². The number of hydrogen-bond acceptors (Lipinski definition) is 2. The molecule has 1 fully saturated rings. The van der Waals surface area contributed by atoms with Crippen LogP contribution in [0.1, 0.15) is 44.1 Å². The SMILES string of the molecule is NCc1cccc(NC(=O)NCCC2CCCCC2)c1. The maximum absolute atomic E-state index is 11.8. The lowest BCUT2D eigenvalue weighted by atomic mass is 9.87. The predicted molar refractivity (Wildman–Crippen MR) is 82.5 cm³/mol. The first-order valence-corrected chi connectivity index (χ1v) is 7.62. The molecular weight excluding hydrogens is 250 g/mol. The van der Waals surface area contributed by atoms with Crippen molar-refractivity contribution in [3.8, 4) is 0 Å². The Morgan fingerprint density at radius 3 is 2.80 bits per heavy atom. The van der Waals surface area contributed by atoms with Gasteiger partial charge in [-0.05, 0) is 30.0 Å². The Balaban J connectivity index is 1.69. The fourth-order valence-electron chi connectivity index (χ4n) is 2.82. The molecule has 1 aromatic carbocycles. The van der Waals surface area contributed by atoms with Crippen LogP contribution in [0.2, 0.25) is 0 Å². The van der Waals surface area contributed by atoms with E-state index in [2.05, 4.69) is 10.6 Å². The standard InChI is InChI=1S/C16H25N3O/c17-12-14-7-4-8-15(11-14)19-16(20)18-10-9-13-5-2-1-3-6-13/h4,7-8,11,13H,1-3,5-6,9-10,12,17H2,(H2,18,19,20). The highest BCUT2D eigenvalue weighted by Crippen LogP contribution is 2.25. The Morgan fingerprint density at radius 1 is 1.25 bits per heavy atom. The van der Waals surface area contributed by atoms with Crippen LogP contribution in [-0.2, 0) is 6.54 Å². The maximum Gasteiger partial charge on any atom is 0.319 e. The summed E-state index contributed by atoms with van der Waals surface area (Å²) < 4.78 is 0. The number of urea groups is 1. The second kappa shape index (κ2) is 7.90. The Morgan fingerprint density at radius 2 is 2.05 bits per heavy atom. The second-order valence-corrected chi connectivity index (χ2v) is 5.58. The van der Waals surface area contributed by atoms with Crippen molar-refractivity contribution in [2.75, 3.05) is 11.9 Å². The molecule has 1 aromatic rings. The van der Waals surface area contributed by atoms with Gasteiger partial charge in [-0.3, -0.25) is 0 Å². The number of nitrogens with two attached hydrogens (primary N) is 1. The Kier molecular flexibility index (Phi) is 5.87. The molecule has 0 aliphatic heterocycles. The van der Waals surface area contributed by atoms with Gasteiger partial charge in [-0.25, -0.2) is 4.79 Å². The molecule has 1 aliphatic carbocycles. The highest BCUT2D eigenvalue weighted by molar-refractivity contribution is 5.89. The number of hydrogen-bond donors (Lipinski definition) is 3. The van der Waals surface area contributed by atoms with E-state index in [1.165, 1.54) is 32.1 Å². The Hall–Kier alpha value is -1.55. The molecule has 0 spiro atoms. The van der Waals surface area contributed by atoms with Gasteiger partial charge in [0.15, 0.2) is 0 Å². The summed E-state index contributed by atoms with van der Waals surface area (Å²) in [7, 11) is 0. The van der Waals surface area contributed by atoms with Gasteiger partial charge in [-0.1, -0.05) is 44.2 Å². The van der Waals surface area contributed by atoms with Gasteiger partial charge >= 0.3 is 6.03 Å². The molecule has 4 N–H and O–H groups in total. The summed E-state index contributed by atoms with van der Waals surface area (Å²) >= 11 is 0. The number of anilines is 1. The molecule has 110 valence electrons. The fourth-order valence-corrected chi connectivity index (χ4v) is 2.82. The average Bonchev–Trinajstić information content (AvgIpc) is 2.48. The lowest BCUT2D eigenvalue weighted by Gasteiger charge is -2.21. The van der Waals surface area contributed by atoms with E-state index in [9.17, 15) is 4.79 Å². The van der Waals surface area contributed by atoms with Crippen LogP contribution in [0, 0.1) is 5.92 Å². The van der Waals surface area contributed by atoms with E-state index in [1.54, 1.807) is 0 Å². The van der Waals surface area contributed by atoms with Crippen molar-refractivity contribution in [1.29, 1.82) is 0 Å². The minimum Gasteiger partial charge on any atom is -0.338 e. The van der Waals surface area contributed by atoms with Crippen LogP contribution in [0.4, 0.5) is 10.5 Å². The number of rotatable bonds is 5. The van der Waals surface area contributed by atoms with Crippen LogP contribution < -0.4 is 16.4 Å². The first-order valence-electron chi connectivity index (χ1n) is 7.62. The van der Waals surface area contributed by atoms with Crippen LogP contribution in [-0.4, -0.2) is 12.6 Å². The van der Waals surface area contributed by atoms with Crippen molar-refractivity contribution in [3.63, 3.8) is 0 Å². The predicted octanol–water partition coefficient (Wildman–Crippen LogP) is 3.24. The lowest BCUT2D eigenvalue weighted by Crippen LogP contribution is -2.30. The summed E-state index contributed by atoms with van der Waals surface area (Å²) in [5.74, 6) is 0.796. The molecule has 0 aromatic heterocycles. The quantitative estimate of drug-likeness (QED) is 0.772. The number of benzene rings is 1. The summed E-state index contributed by atoms with van der Waals surface area (Å²) in [5.41, 5.74) is 7.40. The van der Waals surface area contributed by atoms with E-state index in [0.717, 1.165) is 30.1 Å². The zero-order chi connectivity index (χ0) is 14.2. The third-order valence-corrected chi connectivity index (χ3v) is 3.98. The largest absolute Gasteiger partial charge is 0.338 e. The lowest BCUT2D eigenvalue weighted by molar-refractivity contribution is 0.250. The first-order chi connectivity index (χ1) is 9.78. The molecule has 1 aliphatic rings. The molecule has 0 bridgehead atoms. The molecule has 1 saturated carbocycles. The molecule has 20 heavy (non-hydrogen) atoms. The molecule has 0 heterocycles. The van der Waals surface area contributed by atoms with Gasteiger partial charge in [0.1, 0.15) is 0 Å². The minimum absolute atomic E-state index is 0.130. The van der Waals surface area contributed by atoms with Crippen LogP contribution in [0.25, 0.3) is 0 Å². The monoisotopic (exact) mass is 275 g/mol. The van der Waals surface area contributed by atoms with E-state index < -0.39 is 0 Å². The van der Waals surface area contributed by atoms with Gasteiger partial charge in [-0.15, -0.1) is 0 Å². The summed E-state index contributed by atoms with van der Waals surface area (Å²) in [5, 5.41) is 5.78. The molecule has 0 atom stereocenters. The molecule has 0 saturated heterocycles. The van der Waals surface area contributed by atoms with Gasteiger partial charge in [0.2, 0.25) is 0 Å². The summed E-state index contributed by atoms with van der Waals surface area (Å²) in [6, 6.07) is 7.50. The van der Waals surface area contributed by atoms with Gasteiger partial charge in [0, 0.05) is 18.8 Å². The number of amides is 2. The third-order valence-electron chi connectivity index (χ3n) is 3.98. The number of nitrogens with one attached hydrogen (secondary N) is 2. The minimum atomic E-state index is -0.130. The number of carbonyl (C=O) groups is 1.